The molecule has 1 aliphatic heterocycles. The van der Waals surface area contributed by atoms with Crippen LogP contribution in [0.2, 0.25) is 0 Å². The van der Waals surface area contributed by atoms with E-state index in [2.05, 4.69) is 32.7 Å². The number of guanidine groups is 1. The highest BCUT2D eigenvalue weighted by Gasteiger charge is 2.22. The summed E-state index contributed by atoms with van der Waals surface area (Å²) in [5.41, 5.74) is 2.93. The summed E-state index contributed by atoms with van der Waals surface area (Å²) < 4.78 is 15.5. The number of halogens is 1. The van der Waals surface area contributed by atoms with Gasteiger partial charge in [0, 0.05) is 50.5 Å². The molecule has 0 spiro atoms. The Morgan fingerprint density at radius 2 is 2.16 bits per heavy atom. The molecular formula is C23H30FN7. The third-order valence-corrected chi connectivity index (χ3v) is 5.60. The molecule has 7 nitrogen and oxygen atoms in total. The fraction of sp³-hybridized carbons (Fsp3) is 0.435. The van der Waals surface area contributed by atoms with E-state index in [0.717, 1.165) is 61.2 Å². The monoisotopic (exact) mass is 423 g/mol. The molecule has 0 amide bonds. The standard InChI is InChI=1S/C23H30FN7/c1-3-25-23(26-12-11-22-29-28-21-8-4-5-14-31(21)22)27-19-7-6-13-30(16-19)20-10-9-18(24)15-17(20)2/h4-5,8-10,14-15,19H,3,6-7,11-13,16H2,1-2H3,(H2,25,26,27). The Morgan fingerprint density at radius 3 is 3.00 bits per heavy atom. The van der Waals surface area contributed by atoms with Gasteiger partial charge in [0.2, 0.25) is 0 Å². The van der Waals surface area contributed by atoms with E-state index < -0.39 is 0 Å². The van der Waals surface area contributed by atoms with Gasteiger partial charge in [-0.1, -0.05) is 6.07 Å². The summed E-state index contributed by atoms with van der Waals surface area (Å²) in [6, 6.07) is 11.2. The number of nitrogens with one attached hydrogen (secondary N) is 2. The molecule has 1 atom stereocenters. The number of pyridine rings is 1. The van der Waals surface area contributed by atoms with Crippen molar-refractivity contribution < 1.29 is 4.39 Å². The number of anilines is 1. The Kier molecular flexibility index (Phi) is 6.64. The van der Waals surface area contributed by atoms with Gasteiger partial charge in [-0.25, -0.2) is 4.39 Å². The second kappa shape index (κ2) is 9.76. The van der Waals surface area contributed by atoms with Crippen LogP contribution in [0.5, 0.6) is 0 Å². The number of rotatable bonds is 6. The topological polar surface area (TPSA) is 69.8 Å². The fourth-order valence-corrected chi connectivity index (χ4v) is 4.13. The van der Waals surface area contributed by atoms with Crippen LogP contribution < -0.4 is 15.5 Å². The first kappa shape index (κ1) is 21.1. The Hall–Kier alpha value is -3.16. The summed E-state index contributed by atoms with van der Waals surface area (Å²) >= 11 is 0. The Bertz CT molecular complexity index is 1050. The van der Waals surface area contributed by atoms with Gasteiger partial charge in [0.05, 0.1) is 0 Å². The molecule has 1 aliphatic rings. The maximum Gasteiger partial charge on any atom is 0.191 e. The van der Waals surface area contributed by atoms with Crippen molar-refractivity contribution in [2.75, 3.05) is 31.1 Å². The van der Waals surface area contributed by atoms with E-state index in [1.807, 2.05) is 41.8 Å². The van der Waals surface area contributed by atoms with E-state index in [-0.39, 0.29) is 11.9 Å². The number of aryl methyl sites for hydroxylation is 1. The van der Waals surface area contributed by atoms with Gasteiger partial charge in [0.15, 0.2) is 11.6 Å². The number of benzene rings is 1. The second-order valence-electron chi connectivity index (χ2n) is 7.92. The summed E-state index contributed by atoms with van der Waals surface area (Å²) in [7, 11) is 0. The van der Waals surface area contributed by atoms with Gasteiger partial charge in [-0.3, -0.25) is 9.39 Å². The molecule has 8 heteroatoms. The molecule has 3 heterocycles. The zero-order valence-electron chi connectivity index (χ0n) is 18.2. The fourth-order valence-electron chi connectivity index (χ4n) is 4.13. The molecule has 31 heavy (non-hydrogen) atoms. The van der Waals surface area contributed by atoms with Crippen LogP contribution in [0.25, 0.3) is 5.65 Å². The third-order valence-electron chi connectivity index (χ3n) is 5.60. The quantitative estimate of drug-likeness (QED) is 0.471. The number of hydrogen-bond donors (Lipinski definition) is 2. The highest BCUT2D eigenvalue weighted by atomic mass is 19.1. The number of piperidine rings is 1. The molecule has 164 valence electrons. The highest BCUT2D eigenvalue weighted by molar-refractivity contribution is 5.80. The lowest BCUT2D eigenvalue weighted by Gasteiger charge is -2.36. The Labute approximate surface area is 182 Å². The Balaban J connectivity index is 1.38. The van der Waals surface area contributed by atoms with E-state index in [9.17, 15) is 4.39 Å². The summed E-state index contributed by atoms with van der Waals surface area (Å²) in [4.78, 5) is 7.10. The molecule has 0 radical (unpaired) electrons. The van der Waals surface area contributed by atoms with Crippen LogP contribution in [-0.2, 0) is 6.42 Å². The predicted molar refractivity (Wildman–Crippen MR) is 122 cm³/mol. The second-order valence-corrected chi connectivity index (χ2v) is 7.92. The molecular weight excluding hydrogens is 393 g/mol. The molecule has 0 aliphatic carbocycles. The van der Waals surface area contributed by atoms with Crippen LogP contribution >= 0.6 is 0 Å². The first-order valence-corrected chi connectivity index (χ1v) is 11.0. The van der Waals surface area contributed by atoms with E-state index in [4.69, 9.17) is 4.99 Å². The summed E-state index contributed by atoms with van der Waals surface area (Å²) in [5.74, 6) is 1.54. The molecule has 1 unspecified atom stereocenters. The summed E-state index contributed by atoms with van der Waals surface area (Å²) in [6.45, 7) is 7.31. The van der Waals surface area contributed by atoms with Crippen LogP contribution in [0.1, 0.15) is 31.2 Å². The normalized spacial score (nSPS) is 17.2. The number of nitrogens with zero attached hydrogens (tertiary/aromatic N) is 5. The van der Waals surface area contributed by atoms with Crippen LogP contribution in [0.4, 0.5) is 10.1 Å². The minimum Gasteiger partial charge on any atom is -0.369 e. The summed E-state index contributed by atoms with van der Waals surface area (Å²) in [5, 5.41) is 15.4. The highest BCUT2D eigenvalue weighted by Crippen LogP contribution is 2.24. The van der Waals surface area contributed by atoms with Crippen molar-refractivity contribution in [3.8, 4) is 0 Å². The zero-order valence-corrected chi connectivity index (χ0v) is 18.2. The molecule has 0 bridgehead atoms. The van der Waals surface area contributed by atoms with Crippen molar-refractivity contribution >= 4 is 17.3 Å². The van der Waals surface area contributed by atoms with Crippen LogP contribution in [-0.4, -0.2) is 52.8 Å². The maximum absolute atomic E-state index is 13.5. The number of aliphatic imine (C=N–C) groups is 1. The van der Waals surface area contributed by atoms with Crippen molar-refractivity contribution in [2.24, 2.45) is 4.99 Å². The van der Waals surface area contributed by atoms with Crippen molar-refractivity contribution in [2.45, 2.75) is 39.2 Å². The zero-order chi connectivity index (χ0) is 21.6. The molecule has 1 saturated heterocycles. The molecule has 2 aromatic heterocycles. The van der Waals surface area contributed by atoms with Gasteiger partial charge >= 0.3 is 0 Å². The first-order chi connectivity index (χ1) is 15.1. The Morgan fingerprint density at radius 1 is 1.26 bits per heavy atom. The molecule has 2 N–H and O–H groups in total. The SMILES string of the molecule is CCNC(=NCCc1nnc2ccccn12)NC1CCCN(c2ccc(F)cc2C)C1. The van der Waals surface area contributed by atoms with Gasteiger partial charge in [0.1, 0.15) is 11.6 Å². The number of aromatic nitrogens is 3. The summed E-state index contributed by atoms with van der Waals surface area (Å²) in [6.07, 6.45) is 4.86. The van der Waals surface area contributed by atoms with E-state index >= 15 is 0 Å². The number of fused-ring (bicyclic) bond motifs is 1. The number of hydrogen-bond acceptors (Lipinski definition) is 4. The van der Waals surface area contributed by atoms with E-state index in [1.54, 1.807) is 12.1 Å². The minimum absolute atomic E-state index is 0.185. The maximum atomic E-state index is 13.5. The van der Waals surface area contributed by atoms with Crippen molar-refractivity contribution in [3.05, 3.63) is 59.8 Å². The van der Waals surface area contributed by atoms with Crippen molar-refractivity contribution in [3.63, 3.8) is 0 Å². The van der Waals surface area contributed by atoms with Gasteiger partial charge in [-0.15, -0.1) is 10.2 Å². The molecule has 1 fully saturated rings. The average Bonchev–Trinajstić information content (AvgIpc) is 3.17. The van der Waals surface area contributed by atoms with Gasteiger partial charge in [-0.2, -0.15) is 0 Å². The van der Waals surface area contributed by atoms with E-state index in [0.29, 0.717) is 13.0 Å². The van der Waals surface area contributed by atoms with Crippen molar-refractivity contribution in [1.29, 1.82) is 0 Å². The largest absolute Gasteiger partial charge is 0.369 e. The first-order valence-electron chi connectivity index (χ1n) is 11.0. The average molecular weight is 424 g/mol. The van der Waals surface area contributed by atoms with Gasteiger partial charge < -0.3 is 15.5 Å². The smallest absolute Gasteiger partial charge is 0.191 e. The molecule has 1 aromatic carbocycles. The third kappa shape index (κ3) is 5.13. The molecule has 4 rings (SSSR count). The lowest BCUT2D eigenvalue weighted by Crippen LogP contribution is -2.51. The van der Waals surface area contributed by atoms with Gasteiger partial charge in [0.25, 0.3) is 0 Å². The minimum atomic E-state index is -0.185. The lowest BCUT2D eigenvalue weighted by molar-refractivity contribution is 0.467. The molecule has 3 aromatic rings. The van der Waals surface area contributed by atoms with Crippen LogP contribution in [0, 0.1) is 12.7 Å². The lowest BCUT2D eigenvalue weighted by atomic mass is 10.0. The van der Waals surface area contributed by atoms with Gasteiger partial charge in [-0.05, 0) is 62.6 Å². The van der Waals surface area contributed by atoms with Crippen LogP contribution in [0.3, 0.4) is 0 Å². The predicted octanol–water partition coefficient (Wildman–Crippen LogP) is 2.94. The van der Waals surface area contributed by atoms with E-state index in [1.165, 1.54) is 0 Å². The van der Waals surface area contributed by atoms with Crippen molar-refractivity contribution in [1.82, 2.24) is 25.2 Å². The van der Waals surface area contributed by atoms with Crippen LogP contribution in [0.15, 0.2) is 47.6 Å². The molecule has 0 saturated carbocycles.